The number of ether oxygens (including phenoxy) is 8. The van der Waals surface area contributed by atoms with Gasteiger partial charge in [0, 0.05) is 0 Å². The van der Waals surface area contributed by atoms with E-state index in [-0.39, 0.29) is 192 Å². The van der Waals surface area contributed by atoms with Crippen molar-refractivity contribution in [3.05, 3.63) is 372 Å². The average molecular weight is 2140 g/mol. The molecular formula is C100H86F6N12O16Se4. The first-order valence-electron chi connectivity index (χ1n) is 44.4. The van der Waals surface area contributed by atoms with Crippen molar-refractivity contribution in [2.75, 3.05) is 128 Å². The Morgan fingerprint density at radius 3 is 0.993 bits per heavy atom. The molecule has 0 aliphatic carbocycles. The van der Waals surface area contributed by atoms with E-state index >= 15 is 22.0 Å². The van der Waals surface area contributed by atoms with E-state index in [1.54, 1.807) is 47.5 Å². The fourth-order valence-electron chi connectivity index (χ4n) is 20.7. The van der Waals surface area contributed by atoms with Crippen molar-refractivity contribution in [1.82, 2.24) is 38.3 Å². The molecule has 0 spiro atoms. The molecule has 8 atom stereocenters. The fraction of sp³-hybridized carbons (Fsp3) is 0.280. The quantitative estimate of drug-likeness (QED) is 0.0990. The first kappa shape index (κ1) is 91.7. The molecule has 0 radical (unpaired) electrons. The van der Waals surface area contributed by atoms with E-state index < -0.39 is 82.5 Å². The molecule has 16 heterocycles. The summed E-state index contributed by atoms with van der Waals surface area (Å²) in [5.74, 6) is -5.90. The molecule has 0 saturated carbocycles. The third-order valence-corrected chi connectivity index (χ3v) is 36.2. The van der Waals surface area contributed by atoms with Crippen LogP contribution in [-0.2, 0) is 40.2 Å². The number of fused-ring (bicyclic) bond motifs is 16. The molecule has 0 unspecified atom stereocenters. The van der Waals surface area contributed by atoms with Gasteiger partial charge in [0.1, 0.15) is 0 Å². The fourth-order valence-corrected chi connectivity index (χ4v) is 29.9. The number of carbonyl (C=O) groups is 4. The minimum atomic E-state index is -1.24. The Morgan fingerprint density at radius 2 is 0.601 bits per heavy atom. The Hall–Kier alpha value is -12.7. The van der Waals surface area contributed by atoms with Crippen molar-refractivity contribution >= 4 is 101 Å². The van der Waals surface area contributed by atoms with Crippen LogP contribution in [-0.4, -0.2) is 254 Å². The zero-order valence-corrected chi connectivity index (χ0v) is 81.2. The number of methoxy groups -OCH3 is 4. The number of aromatic nitrogens is 4. The molecule has 28 nitrogen and oxygen atoms in total. The standard InChI is InChI=1S/C25H20F3N3O4Se.C25H21F2N3O4Se.C25H22FN3O4Se.C25H23N3O4Se/c1-34-24-17(32)6-7-30-23(24)25(33)29-8-9-35-11-19(29)31(30)22-13-4-2-3-5-18(13)36-12-14-20(22)15(26)10-16(27)21(14)28;1-33-24-18(31)8-9-29-23(24)25(32)28-10-11-34-12-20(28)30(29)22-14-4-2-3-5-19(14)35-13-15-16(26)6-7-17(27)21(15)22;1-32-24-18(30)9-10-28-23(24)25(31)27-11-12-33-13-20(27)29(28)22-16-6-2-3-8-19(16)34-14-15-5-4-7-17(26)21(15)22;1-31-24-19(29)10-11-27-23(24)25(30)26-12-13-32-14-21(26)28(27)22-17-7-3-2-6-16(17)15-33-20-9-5-4-8-18(20)22/h2-7,10,19,22H,8-9,11-12H2,1H3;2-9,20,22H,10-13H2,1H3;2-10,20,22H,11-14H2,1H3;2-11,21-22H,12-15H2,1H3/t19-,22-;2*20-,22-;21-,22+/m1111/s1. The van der Waals surface area contributed by atoms with Gasteiger partial charge in [-0.1, -0.05) is 0 Å². The predicted octanol–water partition coefficient (Wildman–Crippen LogP) is 5.79. The van der Waals surface area contributed by atoms with Gasteiger partial charge < -0.3 is 0 Å². The zero-order chi connectivity index (χ0) is 95.3. The summed E-state index contributed by atoms with van der Waals surface area (Å²) >= 11 is -0.0289. The Kier molecular flexibility index (Phi) is 25.2. The number of hydrogen-bond acceptors (Lipinski definition) is 20. The second kappa shape index (κ2) is 37.9. The summed E-state index contributed by atoms with van der Waals surface area (Å²) in [7, 11) is 5.48. The third kappa shape index (κ3) is 15.5. The van der Waals surface area contributed by atoms with Crippen LogP contribution in [0.4, 0.5) is 26.3 Å². The molecule has 38 heteroatoms. The van der Waals surface area contributed by atoms with Crippen molar-refractivity contribution in [3.63, 3.8) is 0 Å². The van der Waals surface area contributed by atoms with E-state index in [9.17, 15) is 42.7 Å². The molecule has 708 valence electrons. The summed E-state index contributed by atoms with van der Waals surface area (Å²) in [4.78, 5) is 111. The Balaban J connectivity index is 0.000000110. The van der Waals surface area contributed by atoms with E-state index in [1.807, 2.05) is 92.4 Å². The van der Waals surface area contributed by atoms with Crippen LogP contribution in [0.5, 0.6) is 23.0 Å². The molecule has 4 aromatic heterocycles. The normalized spacial score (nSPS) is 21.1. The summed E-state index contributed by atoms with van der Waals surface area (Å²) in [6.45, 7) is 3.78. The van der Waals surface area contributed by atoms with Gasteiger partial charge >= 0.3 is 816 Å². The SMILES string of the molecule is COc1c2n(ccc1=O)N([C@@H]1c3ccccc3[Se]Cc3c(F)c(F)cc(F)c31)[C@@H]1COCCN1C2=O.COc1c2n(ccc1=O)N([C@@H]1c3ccccc3[Se]Cc3c(F)ccc(F)c31)[C@@H]1COCCN1C2=O.COc1c2n(ccc1=O)N([C@@H]1c3ccccc3[Se]Cc3cccc(F)c31)[C@@H]1COCCN1C2=O.COc1c2n(ccc1=O)N([C@H]1c3ccccc3C[Se]c3ccccc31)[C@@H]1COCCN1C2=O. The maximum atomic E-state index is 15.7. The minimum absolute atomic E-state index is 0.00390. The van der Waals surface area contributed by atoms with E-state index in [1.165, 1.54) is 108 Å². The number of hydrogen-bond donors (Lipinski definition) is 0. The summed E-state index contributed by atoms with van der Waals surface area (Å²) in [6, 6.07) is 51.5. The maximum absolute atomic E-state index is 15.7. The van der Waals surface area contributed by atoms with Crippen LogP contribution in [0, 0.1) is 34.9 Å². The molecule has 24 rings (SSSR count). The van der Waals surface area contributed by atoms with Gasteiger partial charge in [0.2, 0.25) is 0 Å². The number of nitrogens with zero attached hydrogens (tertiary/aromatic N) is 12. The molecule has 0 bridgehead atoms. The van der Waals surface area contributed by atoms with Gasteiger partial charge in [0.25, 0.3) is 0 Å². The van der Waals surface area contributed by atoms with Crippen LogP contribution >= 0.6 is 0 Å². The monoisotopic (exact) mass is 2140 g/mol. The van der Waals surface area contributed by atoms with Crippen LogP contribution in [0.1, 0.15) is 133 Å². The number of halogens is 6. The van der Waals surface area contributed by atoms with Gasteiger partial charge in [0.05, 0.1) is 0 Å². The number of benzene rings is 8. The van der Waals surface area contributed by atoms with E-state index in [0.717, 1.165) is 42.3 Å². The van der Waals surface area contributed by atoms with Crippen LogP contribution in [0.25, 0.3) is 0 Å². The molecule has 4 fully saturated rings. The molecule has 4 saturated heterocycles. The molecule has 8 aromatic carbocycles. The Bertz CT molecular complexity index is 7170. The summed E-state index contributed by atoms with van der Waals surface area (Å²) in [5, 5.41) is 10.1. The van der Waals surface area contributed by atoms with Crippen molar-refractivity contribution in [2.45, 2.75) is 70.1 Å². The summed E-state index contributed by atoms with van der Waals surface area (Å²) < 4.78 is 147. The molecule has 12 aromatic rings. The van der Waals surface area contributed by atoms with Crippen LogP contribution in [0.2, 0.25) is 0 Å². The summed E-state index contributed by atoms with van der Waals surface area (Å²) in [6.07, 6.45) is 4.14. The number of amides is 4. The first-order chi connectivity index (χ1) is 67.2. The van der Waals surface area contributed by atoms with Crippen molar-refractivity contribution in [1.29, 1.82) is 0 Å². The van der Waals surface area contributed by atoms with Gasteiger partial charge in [-0.3, -0.25) is 0 Å². The molecular weight excluding hydrogens is 2050 g/mol. The molecule has 4 amide bonds. The van der Waals surface area contributed by atoms with Gasteiger partial charge in [-0.2, -0.15) is 0 Å². The van der Waals surface area contributed by atoms with Crippen LogP contribution < -0.4 is 78.5 Å². The first-order valence-corrected chi connectivity index (χ1v) is 52.7. The van der Waals surface area contributed by atoms with Gasteiger partial charge in [-0.05, 0) is 0 Å². The van der Waals surface area contributed by atoms with Crippen molar-refractivity contribution in [3.8, 4) is 23.0 Å². The van der Waals surface area contributed by atoms with Gasteiger partial charge in [-0.25, -0.2) is 0 Å². The van der Waals surface area contributed by atoms with E-state index in [4.69, 9.17) is 37.9 Å². The van der Waals surface area contributed by atoms with E-state index in [2.05, 4.69) is 59.6 Å². The molecule has 12 aliphatic rings. The number of pyridine rings is 4. The van der Waals surface area contributed by atoms with Crippen molar-refractivity contribution < 1.29 is 83.4 Å². The Labute approximate surface area is 810 Å². The number of rotatable bonds is 8. The van der Waals surface area contributed by atoms with Crippen LogP contribution in [0.15, 0.2) is 226 Å². The second-order valence-corrected chi connectivity index (χ2v) is 42.3. The third-order valence-electron chi connectivity index (χ3n) is 26.7. The second-order valence-electron chi connectivity index (χ2n) is 33.8. The number of carbonyl (C=O) groups excluding carboxylic acids is 4. The average Bonchev–Trinajstić information content (AvgIpc) is 1.30. The number of morpholine rings is 4. The molecule has 0 N–H and O–H groups in total. The topological polar surface area (TPSA) is 256 Å². The van der Waals surface area contributed by atoms with Crippen LogP contribution in [0.3, 0.4) is 0 Å². The predicted molar refractivity (Wildman–Crippen MR) is 499 cm³/mol. The van der Waals surface area contributed by atoms with Gasteiger partial charge in [-0.15, -0.1) is 0 Å². The van der Waals surface area contributed by atoms with E-state index in [0.29, 0.717) is 89.1 Å². The zero-order valence-electron chi connectivity index (χ0n) is 74.4. The Morgan fingerprint density at radius 1 is 0.297 bits per heavy atom. The molecule has 138 heavy (non-hydrogen) atoms. The molecule has 12 aliphatic heterocycles. The summed E-state index contributed by atoms with van der Waals surface area (Å²) in [5.41, 5.74) is 7.29. The van der Waals surface area contributed by atoms with Gasteiger partial charge in [0.15, 0.2) is 0 Å². The van der Waals surface area contributed by atoms with Crippen molar-refractivity contribution in [2.24, 2.45) is 0 Å².